The lowest BCUT2D eigenvalue weighted by molar-refractivity contribution is -0.0505. The quantitative estimate of drug-likeness (QED) is 0.513. The molecular formula is C19H22F2N4O4. The van der Waals surface area contributed by atoms with E-state index in [1.54, 1.807) is 25.4 Å². The summed E-state index contributed by atoms with van der Waals surface area (Å²) in [4.78, 5) is 8.63. The van der Waals surface area contributed by atoms with Crippen LogP contribution in [0.15, 0.2) is 35.5 Å². The van der Waals surface area contributed by atoms with E-state index in [-0.39, 0.29) is 19.1 Å². The van der Waals surface area contributed by atoms with Crippen LogP contribution >= 0.6 is 0 Å². The Morgan fingerprint density at radius 2 is 2.03 bits per heavy atom. The van der Waals surface area contributed by atoms with Crippen molar-refractivity contribution >= 4 is 5.96 Å². The molecule has 3 rings (SSSR count). The zero-order chi connectivity index (χ0) is 20.6. The van der Waals surface area contributed by atoms with Crippen LogP contribution in [0.5, 0.6) is 23.1 Å². The molecule has 1 aromatic carbocycles. The molecule has 0 radical (unpaired) electrons. The fourth-order valence-corrected chi connectivity index (χ4v) is 2.63. The Bertz CT molecular complexity index is 847. The number of nitrogens with one attached hydrogen (secondary N) is 2. The summed E-state index contributed by atoms with van der Waals surface area (Å²) in [6.07, 6.45) is 1.68. The SMILES string of the molecule is CCNC(=NCc1ccc(OC)nc1)NCc1cc2c(cc1OC(F)F)OCO2. The molecule has 1 aliphatic rings. The summed E-state index contributed by atoms with van der Waals surface area (Å²) in [5.74, 6) is 1.92. The van der Waals surface area contributed by atoms with E-state index in [2.05, 4.69) is 25.3 Å². The standard InChI is InChI=1S/C19H22F2N4O4/c1-3-22-19(24-9-12-4-5-17(26-2)23-8-12)25-10-13-6-15-16(28-11-27-15)7-14(13)29-18(20)21/h4-8,18H,3,9-11H2,1-2H3,(H2,22,24,25). The zero-order valence-corrected chi connectivity index (χ0v) is 16.1. The average molecular weight is 408 g/mol. The molecule has 2 N–H and O–H groups in total. The van der Waals surface area contributed by atoms with Gasteiger partial charge in [-0.15, -0.1) is 0 Å². The number of rotatable bonds is 8. The molecule has 2 heterocycles. The summed E-state index contributed by atoms with van der Waals surface area (Å²) in [5.41, 5.74) is 1.39. The van der Waals surface area contributed by atoms with Gasteiger partial charge in [0.2, 0.25) is 12.7 Å². The molecule has 29 heavy (non-hydrogen) atoms. The molecule has 0 atom stereocenters. The van der Waals surface area contributed by atoms with Gasteiger partial charge in [0.1, 0.15) is 5.75 Å². The van der Waals surface area contributed by atoms with E-state index >= 15 is 0 Å². The van der Waals surface area contributed by atoms with Crippen LogP contribution in [-0.2, 0) is 13.1 Å². The summed E-state index contributed by atoms with van der Waals surface area (Å²) >= 11 is 0. The summed E-state index contributed by atoms with van der Waals surface area (Å²) in [6, 6.07) is 6.64. The lowest BCUT2D eigenvalue weighted by Crippen LogP contribution is -2.36. The van der Waals surface area contributed by atoms with E-state index < -0.39 is 6.61 Å². The summed E-state index contributed by atoms with van der Waals surface area (Å²) in [6.45, 7) is 0.241. The number of fused-ring (bicyclic) bond motifs is 1. The van der Waals surface area contributed by atoms with Gasteiger partial charge in [-0.05, 0) is 18.6 Å². The monoisotopic (exact) mass is 408 g/mol. The number of hydrogen-bond donors (Lipinski definition) is 2. The van der Waals surface area contributed by atoms with E-state index in [1.807, 2.05) is 13.0 Å². The molecule has 0 aliphatic carbocycles. The van der Waals surface area contributed by atoms with Gasteiger partial charge in [0.15, 0.2) is 17.5 Å². The molecular weight excluding hydrogens is 386 g/mol. The first-order valence-corrected chi connectivity index (χ1v) is 8.97. The number of halogens is 2. The second-order valence-electron chi connectivity index (χ2n) is 5.95. The predicted molar refractivity (Wildman–Crippen MR) is 102 cm³/mol. The van der Waals surface area contributed by atoms with Crippen molar-refractivity contribution in [1.29, 1.82) is 0 Å². The molecule has 0 fully saturated rings. The molecule has 0 spiro atoms. The molecule has 8 nitrogen and oxygen atoms in total. The highest BCUT2D eigenvalue weighted by Gasteiger charge is 2.20. The van der Waals surface area contributed by atoms with E-state index in [4.69, 9.17) is 14.2 Å². The van der Waals surface area contributed by atoms with Gasteiger partial charge in [-0.1, -0.05) is 6.07 Å². The first-order chi connectivity index (χ1) is 14.1. The van der Waals surface area contributed by atoms with Crippen molar-refractivity contribution in [1.82, 2.24) is 15.6 Å². The molecule has 0 amide bonds. The van der Waals surface area contributed by atoms with E-state index in [0.29, 0.717) is 42.0 Å². The summed E-state index contributed by atoms with van der Waals surface area (Å²) in [7, 11) is 1.55. The third-order valence-electron chi connectivity index (χ3n) is 3.99. The van der Waals surface area contributed by atoms with Gasteiger partial charge in [0.05, 0.1) is 13.7 Å². The summed E-state index contributed by atoms with van der Waals surface area (Å²) in [5, 5.41) is 6.21. The first kappa shape index (κ1) is 20.4. The first-order valence-electron chi connectivity index (χ1n) is 8.97. The van der Waals surface area contributed by atoms with Gasteiger partial charge < -0.3 is 29.6 Å². The predicted octanol–water partition coefficient (Wildman–Crippen LogP) is 2.68. The lowest BCUT2D eigenvalue weighted by Gasteiger charge is -2.15. The van der Waals surface area contributed by atoms with Gasteiger partial charge in [-0.3, -0.25) is 0 Å². The van der Waals surface area contributed by atoms with Crippen LogP contribution in [0.3, 0.4) is 0 Å². The van der Waals surface area contributed by atoms with Crippen LogP contribution in [0.4, 0.5) is 8.78 Å². The number of aliphatic imine (C=N–C) groups is 1. The van der Waals surface area contributed by atoms with E-state index in [1.165, 1.54) is 6.07 Å². The minimum absolute atomic E-state index is 0.0203. The van der Waals surface area contributed by atoms with Crippen LogP contribution in [0, 0.1) is 0 Å². The van der Waals surface area contributed by atoms with Crippen molar-refractivity contribution in [2.45, 2.75) is 26.6 Å². The Kier molecular flexibility index (Phi) is 6.88. The molecule has 10 heteroatoms. The van der Waals surface area contributed by atoms with Gasteiger partial charge >= 0.3 is 6.61 Å². The highest BCUT2D eigenvalue weighted by atomic mass is 19.3. The van der Waals surface area contributed by atoms with Gasteiger partial charge in [-0.25, -0.2) is 9.98 Å². The minimum atomic E-state index is -2.95. The molecule has 1 aromatic heterocycles. The van der Waals surface area contributed by atoms with Crippen molar-refractivity contribution < 1.29 is 27.7 Å². The van der Waals surface area contributed by atoms with Crippen molar-refractivity contribution in [3.05, 3.63) is 41.6 Å². The topological polar surface area (TPSA) is 86.2 Å². The smallest absolute Gasteiger partial charge is 0.387 e. The Labute approximate surface area is 166 Å². The Hall–Kier alpha value is -3.30. The maximum atomic E-state index is 12.8. The molecule has 2 aromatic rings. The number of methoxy groups -OCH3 is 1. The number of alkyl halides is 2. The number of benzene rings is 1. The molecule has 0 bridgehead atoms. The number of hydrogen-bond acceptors (Lipinski definition) is 6. The Morgan fingerprint density at radius 1 is 1.24 bits per heavy atom. The van der Waals surface area contributed by atoms with Gasteiger partial charge in [-0.2, -0.15) is 8.78 Å². The van der Waals surface area contributed by atoms with Crippen LogP contribution in [0.1, 0.15) is 18.1 Å². The maximum absolute atomic E-state index is 12.8. The second-order valence-corrected chi connectivity index (χ2v) is 5.95. The zero-order valence-electron chi connectivity index (χ0n) is 16.1. The molecule has 0 saturated carbocycles. The van der Waals surface area contributed by atoms with Crippen LogP contribution in [-0.4, -0.2) is 38.0 Å². The highest BCUT2D eigenvalue weighted by Crippen LogP contribution is 2.38. The fourth-order valence-electron chi connectivity index (χ4n) is 2.63. The third kappa shape index (κ3) is 5.59. The van der Waals surface area contributed by atoms with Gasteiger partial charge in [0, 0.05) is 37.0 Å². The second kappa shape index (κ2) is 9.76. The summed E-state index contributed by atoms with van der Waals surface area (Å²) < 4.78 is 45.7. The number of guanidine groups is 1. The molecule has 1 aliphatic heterocycles. The molecule has 156 valence electrons. The van der Waals surface area contributed by atoms with Crippen molar-refractivity contribution in [2.75, 3.05) is 20.4 Å². The van der Waals surface area contributed by atoms with Gasteiger partial charge in [0.25, 0.3) is 0 Å². The number of aromatic nitrogens is 1. The van der Waals surface area contributed by atoms with Crippen molar-refractivity contribution in [3.8, 4) is 23.1 Å². The number of nitrogens with zero attached hydrogens (tertiary/aromatic N) is 2. The number of pyridine rings is 1. The average Bonchev–Trinajstić information content (AvgIpc) is 3.17. The maximum Gasteiger partial charge on any atom is 0.387 e. The number of ether oxygens (including phenoxy) is 4. The van der Waals surface area contributed by atoms with Crippen molar-refractivity contribution in [2.24, 2.45) is 4.99 Å². The molecule has 0 saturated heterocycles. The normalized spacial score (nSPS) is 12.8. The minimum Gasteiger partial charge on any atom is -0.481 e. The van der Waals surface area contributed by atoms with E-state index in [9.17, 15) is 8.78 Å². The van der Waals surface area contributed by atoms with Crippen molar-refractivity contribution in [3.63, 3.8) is 0 Å². The Balaban J connectivity index is 1.70. The van der Waals surface area contributed by atoms with Crippen LogP contribution in [0.2, 0.25) is 0 Å². The van der Waals surface area contributed by atoms with E-state index in [0.717, 1.165) is 5.56 Å². The Morgan fingerprint density at radius 3 is 2.69 bits per heavy atom. The van der Waals surface area contributed by atoms with Crippen LogP contribution < -0.4 is 29.6 Å². The van der Waals surface area contributed by atoms with Crippen LogP contribution in [0.25, 0.3) is 0 Å². The highest BCUT2D eigenvalue weighted by molar-refractivity contribution is 5.79. The fraction of sp³-hybridized carbons (Fsp3) is 0.368. The lowest BCUT2D eigenvalue weighted by atomic mass is 10.1. The molecule has 0 unspecified atom stereocenters. The third-order valence-corrected chi connectivity index (χ3v) is 3.99. The largest absolute Gasteiger partial charge is 0.481 e.